The minimum Gasteiger partial charge on any atom is -0.478 e. The van der Waals surface area contributed by atoms with E-state index in [2.05, 4.69) is 27.2 Å². The fourth-order valence-corrected chi connectivity index (χ4v) is 3.73. The first-order valence-corrected chi connectivity index (χ1v) is 10.4. The molecule has 152 valence electrons. The summed E-state index contributed by atoms with van der Waals surface area (Å²) in [6.07, 6.45) is 4.15. The summed E-state index contributed by atoms with van der Waals surface area (Å²) in [5, 5.41) is 26.8. The number of aliphatic hydroxyl groups is 1. The summed E-state index contributed by atoms with van der Waals surface area (Å²) in [6.45, 7) is 1.24. The molecule has 7 nitrogen and oxygen atoms in total. The van der Waals surface area contributed by atoms with E-state index >= 15 is 0 Å². The number of nitrogens with zero attached hydrogens (tertiary/aromatic N) is 4. The molecule has 1 aromatic heterocycles. The fraction of sp³-hybridized carbons (Fsp3) is 0.333. The number of benzene rings is 2. The summed E-state index contributed by atoms with van der Waals surface area (Å²) in [4.78, 5) is 17.6. The molecule has 0 saturated carbocycles. The third-order valence-electron chi connectivity index (χ3n) is 4.57. The van der Waals surface area contributed by atoms with Gasteiger partial charge < -0.3 is 15.1 Å². The van der Waals surface area contributed by atoms with Crippen LogP contribution in [0, 0.1) is 0 Å². The SMILES string of the molecule is CN(CCCCCCO)c1ccc(N=Nc2nc3ccc(C(=O)O)cc3s2)cc1. The van der Waals surface area contributed by atoms with Gasteiger partial charge in [-0.2, -0.15) is 0 Å². The molecule has 0 spiro atoms. The Morgan fingerprint density at radius 2 is 1.83 bits per heavy atom. The van der Waals surface area contributed by atoms with Crippen molar-refractivity contribution in [1.29, 1.82) is 0 Å². The van der Waals surface area contributed by atoms with E-state index in [9.17, 15) is 4.79 Å². The van der Waals surface area contributed by atoms with Crippen molar-refractivity contribution in [3.63, 3.8) is 0 Å². The van der Waals surface area contributed by atoms with Crippen LogP contribution >= 0.6 is 11.3 Å². The Balaban J connectivity index is 1.59. The number of rotatable bonds is 10. The Morgan fingerprint density at radius 3 is 2.55 bits per heavy atom. The monoisotopic (exact) mass is 412 g/mol. The minimum absolute atomic E-state index is 0.234. The van der Waals surface area contributed by atoms with E-state index in [-0.39, 0.29) is 12.2 Å². The Hall–Kier alpha value is -2.84. The number of fused-ring (bicyclic) bond motifs is 1. The molecular formula is C21H24N4O3S. The van der Waals surface area contributed by atoms with Crippen LogP contribution < -0.4 is 4.90 Å². The van der Waals surface area contributed by atoms with Gasteiger partial charge in [0.15, 0.2) is 0 Å². The van der Waals surface area contributed by atoms with Crippen LogP contribution in [0.1, 0.15) is 36.0 Å². The number of hydrogen-bond acceptors (Lipinski definition) is 7. The Morgan fingerprint density at radius 1 is 1.07 bits per heavy atom. The van der Waals surface area contributed by atoms with Crippen molar-refractivity contribution >= 4 is 44.0 Å². The number of aromatic nitrogens is 1. The zero-order valence-corrected chi connectivity index (χ0v) is 17.1. The summed E-state index contributed by atoms with van der Waals surface area (Å²) in [5.74, 6) is -0.960. The average Bonchev–Trinajstić information content (AvgIpc) is 3.14. The second-order valence-corrected chi connectivity index (χ2v) is 7.77. The van der Waals surface area contributed by atoms with Crippen LogP contribution in [0.4, 0.5) is 16.5 Å². The Labute approximate surface area is 173 Å². The van der Waals surface area contributed by atoms with E-state index in [4.69, 9.17) is 10.2 Å². The molecule has 0 amide bonds. The molecule has 2 aromatic carbocycles. The lowest BCUT2D eigenvalue weighted by atomic mass is 10.2. The number of carboxylic acids is 1. The molecule has 1 heterocycles. The predicted octanol–water partition coefficient (Wildman–Crippen LogP) is 5.40. The lowest BCUT2D eigenvalue weighted by Crippen LogP contribution is -2.18. The molecule has 0 aliphatic rings. The van der Waals surface area contributed by atoms with Gasteiger partial charge in [-0.05, 0) is 55.3 Å². The molecule has 3 rings (SSSR count). The molecule has 3 aromatic rings. The maximum absolute atomic E-state index is 11.1. The number of thiazole rings is 1. The van der Waals surface area contributed by atoms with Crippen molar-refractivity contribution in [3.05, 3.63) is 48.0 Å². The average molecular weight is 413 g/mol. The highest BCUT2D eigenvalue weighted by molar-refractivity contribution is 7.21. The second kappa shape index (κ2) is 10.1. The maximum atomic E-state index is 11.1. The zero-order chi connectivity index (χ0) is 20.6. The van der Waals surface area contributed by atoms with Gasteiger partial charge in [-0.1, -0.05) is 24.2 Å². The summed E-state index contributed by atoms with van der Waals surface area (Å²) < 4.78 is 0.773. The van der Waals surface area contributed by atoms with Gasteiger partial charge in [0, 0.05) is 25.9 Å². The van der Waals surface area contributed by atoms with Gasteiger partial charge >= 0.3 is 5.97 Å². The van der Waals surface area contributed by atoms with E-state index in [0.717, 1.165) is 48.3 Å². The first-order valence-electron chi connectivity index (χ1n) is 9.54. The normalized spacial score (nSPS) is 11.4. The molecule has 2 N–H and O–H groups in total. The first kappa shape index (κ1) is 20.9. The molecular weight excluding hydrogens is 388 g/mol. The highest BCUT2D eigenvalue weighted by Crippen LogP contribution is 2.30. The summed E-state index contributed by atoms with van der Waals surface area (Å²) >= 11 is 1.31. The van der Waals surface area contributed by atoms with Crippen LogP contribution in [0.2, 0.25) is 0 Å². The Bertz CT molecular complexity index is 985. The van der Waals surface area contributed by atoms with Crippen molar-refractivity contribution in [2.45, 2.75) is 25.7 Å². The molecule has 0 bridgehead atoms. The Kier molecular flexibility index (Phi) is 7.26. The number of hydrogen-bond donors (Lipinski definition) is 2. The highest BCUT2D eigenvalue weighted by atomic mass is 32.1. The smallest absolute Gasteiger partial charge is 0.335 e. The summed E-state index contributed by atoms with van der Waals surface area (Å²) in [6, 6.07) is 12.7. The first-order chi connectivity index (χ1) is 14.1. The van der Waals surface area contributed by atoms with Gasteiger partial charge in [0.05, 0.1) is 21.5 Å². The predicted molar refractivity (Wildman–Crippen MR) is 116 cm³/mol. The van der Waals surface area contributed by atoms with E-state index < -0.39 is 5.97 Å². The molecule has 0 aliphatic carbocycles. The number of anilines is 1. The summed E-state index contributed by atoms with van der Waals surface area (Å²) in [7, 11) is 2.06. The van der Waals surface area contributed by atoms with Crippen molar-refractivity contribution < 1.29 is 15.0 Å². The third-order valence-corrected chi connectivity index (χ3v) is 5.47. The number of aromatic carboxylic acids is 1. The quantitative estimate of drug-likeness (QED) is 0.343. The lowest BCUT2D eigenvalue weighted by Gasteiger charge is -2.19. The molecule has 8 heteroatoms. The number of unbranched alkanes of at least 4 members (excludes halogenated alkanes) is 3. The standard InChI is InChI=1S/C21H24N4O3S/c1-25(12-4-2-3-5-13-26)17-9-7-16(8-10-17)23-24-21-22-18-11-6-15(20(27)28)14-19(18)29-21/h6-11,14,26H,2-5,12-13H2,1H3,(H,27,28). The van der Waals surface area contributed by atoms with Gasteiger partial charge in [0.1, 0.15) is 0 Å². The number of aliphatic hydroxyl groups excluding tert-OH is 1. The van der Waals surface area contributed by atoms with E-state index in [0.29, 0.717) is 10.6 Å². The van der Waals surface area contributed by atoms with Crippen molar-refractivity contribution in [2.24, 2.45) is 10.2 Å². The topological polar surface area (TPSA) is 98.4 Å². The summed E-state index contributed by atoms with van der Waals surface area (Å²) in [5.41, 5.74) is 2.80. The zero-order valence-electron chi connectivity index (χ0n) is 16.3. The van der Waals surface area contributed by atoms with Crippen LogP contribution in [0.5, 0.6) is 0 Å². The van der Waals surface area contributed by atoms with Crippen molar-refractivity contribution in [2.75, 3.05) is 25.1 Å². The molecule has 0 saturated heterocycles. The van der Waals surface area contributed by atoms with Crippen LogP contribution in [0.25, 0.3) is 10.2 Å². The molecule has 0 atom stereocenters. The van der Waals surface area contributed by atoms with E-state index in [1.165, 1.54) is 17.4 Å². The molecule has 0 unspecified atom stereocenters. The van der Waals surface area contributed by atoms with Crippen LogP contribution in [0.3, 0.4) is 0 Å². The number of carbonyl (C=O) groups is 1. The van der Waals surface area contributed by atoms with Gasteiger partial charge in [0.25, 0.3) is 0 Å². The number of carboxylic acid groups (broad SMARTS) is 1. The van der Waals surface area contributed by atoms with Gasteiger partial charge in [-0.3, -0.25) is 0 Å². The lowest BCUT2D eigenvalue weighted by molar-refractivity contribution is 0.0697. The van der Waals surface area contributed by atoms with Crippen LogP contribution in [-0.4, -0.2) is 41.4 Å². The van der Waals surface area contributed by atoms with E-state index in [1.807, 2.05) is 24.3 Å². The van der Waals surface area contributed by atoms with Gasteiger partial charge in [-0.15, -0.1) is 10.2 Å². The maximum Gasteiger partial charge on any atom is 0.335 e. The molecule has 0 aliphatic heterocycles. The van der Waals surface area contributed by atoms with Gasteiger partial charge in [-0.25, -0.2) is 9.78 Å². The minimum atomic E-state index is -0.960. The molecule has 0 fully saturated rings. The molecule has 29 heavy (non-hydrogen) atoms. The fourth-order valence-electron chi connectivity index (χ4n) is 2.91. The van der Waals surface area contributed by atoms with Crippen LogP contribution in [0.15, 0.2) is 52.7 Å². The largest absolute Gasteiger partial charge is 0.478 e. The molecule has 0 radical (unpaired) electrons. The second-order valence-electron chi connectivity index (χ2n) is 6.76. The van der Waals surface area contributed by atoms with Crippen molar-refractivity contribution in [3.8, 4) is 0 Å². The van der Waals surface area contributed by atoms with Gasteiger partial charge in [0.2, 0.25) is 5.13 Å². The third kappa shape index (κ3) is 5.82. The highest BCUT2D eigenvalue weighted by Gasteiger charge is 2.08. The van der Waals surface area contributed by atoms with Crippen LogP contribution in [-0.2, 0) is 0 Å². The van der Waals surface area contributed by atoms with Crippen molar-refractivity contribution in [1.82, 2.24) is 4.98 Å². The number of azo groups is 1. The van der Waals surface area contributed by atoms with E-state index in [1.54, 1.807) is 12.1 Å².